The molecule has 5 nitrogen and oxygen atoms in total. The Balaban J connectivity index is 0.000000179. The van der Waals surface area contributed by atoms with Gasteiger partial charge < -0.3 is 5.11 Å². The molecule has 4 aromatic carbocycles. The van der Waals surface area contributed by atoms with E-state index in [1.165, 1.54) is 12.2 Å². The van der Waals surface area contributed by atoms with Crippen LogP contribution in [0.3, 0.4) is 0 Å². The predicted molar refractivity (Wildman–Crippen MR) is 129 cm³/mol. The lowest BCUT2D eigenvalue weighted by molar-refractivity contribution is -0.0755. The molecule has 0 bridgehead atoms. The van der Waals surface area contributed by atoms with Crippen LogP contribution in [-0.2, 0) is 4.84 Å². The molecule has 4 aromatic rings. The first-order chi connectivity index (χ1) is 14.8. The molecule has 0 radical (unpaired) electrons. The zero-order valence-electron chi connectivity index (χ0n) is 16.8. The Bertz CT molecular complexity index is 1270. The topological polar surface area (TPSA) is 66.8 Å². The number of hydroxylamine groups is 2. The van der Waals surface area contributed by atoms with Gasteiger partial charge in [-0.25, -0.2) is 9.86 Å². The first-order valence-corrected chi connectivity index (χ1v) is 10.8. The Morgan fingerprint density at radius 3 is 1.74 bits per heavy atom. The van der Waals surface area contributed by atoms with Gasteiger partial charge in [0, 0.05) is 16.0 Å². The smallest absolute Gasteiger partial charge is 0.336 e. The maximum absolute atomic E-state index is 12.1. The third-order valence-electron chi connectivity index (χ3n) is 4.67. The number of carbonyl (C=O) groups is 2. The molecule has 0 saturated carbocycles. The van der Waals surface area contributed by atoms with Crippen LogP contribution >= 0.6 is 31.9 Å². The van der Waals surface area contributed by atoms with Crippen LogP contribution in [0.1, 0.15) is 20.7 Å². The van der Waals surface area contributed by atoms with Crippen molar-refractivity contribution in [3.05, 3.63) is 92.9 Å². The number of aromatic carboxylic acids is 1. The summed E-state index contributed by atoms with van der Waals surface area (Å²) in [7, 11) is 3.07. The van der Waals surface area contributed by atoms with Crippen molar-refractivity contribution in [2.75, 3.05) is 14.2 Å². The van der Waals surface area contributed by atoms with Crippen molar-refractivity contribution < 1.29 is 19.5 Å². The highest BCUT2D eigenvalue weighted by Gasteiger charge is 2.15. The predicted octanol–water partition coefficient (Wildman–Crippen LogP) is 6.54. The van der Waals surface area contributed by atoms with Crippen molar-refractivity contribution in [1.82, 2.24) is 5.06 Å². The number of halogens is 2. The van der Waals surface area contributed by atoms with Crippen LogP contribution < -0.4 is 0 Å². The Hall–Kier alpha value is -2.74. The molecule has 0 aromatic heterocycles. The summed E-state index contributed by atoms with van der Waals surface area (Å²) in [5, 5.41) is 13.8. The van der Waals surface area contributed by atoms with Crippen molar-refractivity contribution in [3.63, 3.8) is 0 Å². The van der Waals surface area contributed by atoms with E-state index < -0.39 is 5.97 Å². The molecule has 1 amide bonds. The molecule has 0 spiro atoms. The molecule has 1 N–H and O–H groups in total. The van der Waals surface area contributed by atoms with Gasteiger partial charge in [0.2, 0.25) is 0 Å². The lowest BCUT2D eigenvalue weighted by Gasteiger charge is -2.15. The Kier molecular flexibility index (Phi) is 7.43. The maximum atomic E-state index is 12.1. The van der Waals surface area contributed by atoms with E-state index in [1.54, 1.807) is 19.2 Å². The van der Waals surface area contributed by atoms with Crippen LogP contribution in [0.15, 0.2) is 81.7 Å². The van der Waals surface area contributed by atoms with Gasteiger partial charge in [0.15, 0.2) is 0 Å². The van der Waals surface area contributed by atoms with Gasteiger partial charge in [0.1, 0.15) is 0 Å². The van der Waals surface area contributed by atoms with Crippen LogP contribution in [0.2, 0.25) is 0 Å². The molecule has 0 unspecified atom stereocenters. The number of hydrogen-bond donors (Lipinski definition) is 1. The van der Waals surface area contributed by atoms with Crippen molar-refractivity contribution >= 4 is 65.3 Å². The van der Waals surface area contributed by atoms with Crippen molar-refractivity contribution in [3.8, 4) is 0 Å². The largest absolute Gasteiger partial charge is 0.478 e. The summed E-state index contributed by atoms with van der Waals surface area (Å²) in [6.45, 7) is 0. The lowest BCUT2D eigenvalue weighted by Crippen LogP contribution is -2.25. The van der Waals surface area contributed by atoms with Gasteiger partial charge in [-0.1, -0.05) is 80.4 Å². The van der Waals surface area contributed by atoms with Gasteiger partial charge in [-0.05, 0) is 45.8 Å². The fourth-order valence-corrected chi connectivity index (χ4v) is 4.11. The normalized spacial score (nSPS) is 10.5. The van der Waals surface area contributed by atoms with Crippen molar-refractivity contribution in [2.45, 2.75) is 0 Å². The number of rotatable bonds is 3. The summed E-state index contributed by atoms with van der Waals surface area (Å²) in [5.74, 6) is -1.06. The van der Waals surface area contributed by atoms with E-state index in [0.29, 0.717) is 11.1 Å². The summed E-state index contributed by atoms with van der Waals surface area (Å²) >= 11 is 6.70. The molecule has 0 aliphatic carbocycles. The summed E-state index contributed by atoms with van der Waals surface area (Å²) < 4.78 is 1.66. The number of amides is 1. The molecule has 0 aliphatic rings. The number of carboxylic acids is 1. The second-order valence-electron chi connectivity index (χ2n) is 6.64. The highest BCUT2D eigenvalue weighted by Crippen LogP contribution is 2.25. The van der Waals surface area contributed by atoms with Crippen LogP contribution in [0, 0.1) is 0 Å². The fraction of sp³-hybridized carbons (Fsp3) is 0.0833. The average Bonchev–Trinajstić information content (AvgIpc) is 2.77. The zero-order valence-corrected chi connectivity index (χ0v) is 20.0. The molecule has 158 valence electrons. The van der Waals surface area contributed by atoms with Gasteiger partial charge in [-0.2, -0.15) is 0 Å². The van der Waals surface area contributed by atoms with Gasteiger partial charge in [0.05, 0.1) is 18.2 Å². The molecule has 4 rings (SSSR count). The molecule has 0 saturated heterocycles. The Labute approximate surface area is 196 Å². The van der Waals surface area contributed by atoms with Crippen LogP contribution in [0.5, 0.6) is 0 Å². The van der Waals surface area contributed by atoms with Crippen LogP contribution in [0.25, 0.3) is 21.5 Å². The fourth-order valence-electron chi connectivity index (χ4n) is 3.15. The minimum absolute atomic E-state index is 0.162. The first kappa shape index (κ1) is 22.9. The molecule has 0 aliphatic heterocycles. The third kappa shape index (κ3) is 5.31. The van der Waals surface area contributed by atoms with E-state index in [4.69, 9.17) is 9.94 Å². The number of benzene rings is 4. The van der Waals surface area contributed by atoms with Crippen LogP contribution in [0.4, 0.5) is 0 Å². The minimum atomic E-state index is -0.900. The van der Waals surface area contributed by atoms with E-state index in [-0.39, 0.29) is 5.91 Å². The summed E-state index contributed by atoms with van der Waals surface area (Å²) in [6.07, 6.45) is 0. The molecular weight excluding hydrogens is 526 g/mol. The molecule has 0 heterocycles. The monoisotopic (exact) mass is 543 g/mol. The number of carbonyl (C=O) groups excluding carboxylic acids is 1. The second kappa shape index (κ2) is 10.0. The number of nitrogens with zero attached hydrogens (tertiary/aromatic N) is 1. The Morgan fingerprint density at radius 1 is 0.806 bits per heavy atom. The van der Waals surface area contributed by atoms with Crippen molar-refractivity contribution in [1.29, 1.82) is 0 Å². The lowest BCUT2D eigenvalue weighted by atomic mass is 10.0. The molecule has 0 atom stereocenters. The third-order valence-corrected chi connectivity index (χ3v) is 5.59. The van der Waals surface area contributed by atoms with E-state index >= 15 is 0 Å². The summed E-state index contributed by atoms with van der Waals surface area (Å²) in [6, 6.07) is 22.5. The van der Waals surface area contributed by atoms with Gasteiger partial charge in [-0.15, -0.1) is 0 Å². The highest BCUT2D eigenvalue weighted by molar-refractivity contribution is 9.10. The first-order valence-electron chi connectivity index (χ1n) is 9.24. The standard InChI is InChI=1S/C13H12BrNO2.C11H7BrO2/c1-15(17-2)13(16)12-8-10(14)7-9-5-3-4-6-11(9)12;12-8-5-7-3-1-2-4-9(7)10(6-8)11(13)14/h3-8H,1-2H3;1-6H,(H,13,14). The highest BCUT2D eigenvalue weighted by atomic mass is 79.9. The van der Waals surface area contributed by atoms with Gasteiger partial charge >= 0.3 is 5.97 Å². The molecule has 7 heteroatoms. The number of fused-ring (bicyclic) bond motifs is 2. The molecule has 0 fully saturated rings. The van der Waals surface area contributed by atoms with E-state index in [9.17, 15) is 9.59 Å². The van der Waals surface area contributed by atoms with Gasteiger partial charge in [-0.3, -0.25) is 9.63 Å². The molecule has 31 heavy (non-hydrogen) atoms. The summed E-state index contributed by atoms with van der Waals surface area (Å²) in [5.41, 5.74) is 0.953. The Morgan fingerprint density at radius 2 is 1.26 bits per heavy atom. The zero-order chi connectivity index (χ0) is 22.5. The average molecular weight is 545 g/mol. The van der Waals surface area contributed by atoms with E-state index in [2.05, 4.69) is 31.9 Å². The molecular formula is C24H19Br2NO4. The summed E-state index contributed by atoms with van der Waals surface area (Å²) in [4.78, 5) is 28.0. The van der Waals surface area contributed by atoms with Gasteiger partial charge in [0.25, 0.3) is 5.91 Å². The second-order valence-corrected chi connectivity index (χ2v) is 8.47. The van der Waals surface area contributed by atoms with E-state index in [1.807, 2.05) is 60.7 Å². The van der Waals surface area contributed by atoms with E-state index in [0.717, 1.165) is 30.5 Å². The number of carboxylic acid groups (broad SMARTS) is 1. The van der Waals surface area contributed by atoms with Crippen molar-refractivity contribution in [2.24, 2.45) is 0 Å². The van der Waals surface area contributed by atoms with Crippen LogP contribution in [-0.4, -0.2) is 36.2 Å². The number of hydrogen-bond acceptors (Lipinski definition) is 3. The minimum Gasteiger partial charge on any atom is -0.478 e. The SMILES string of the molecule is CON(C)C(=O)c1cc(Br)cc2ccccc12.O=C(O)c1cc(Br)cc2ccccc12. The maximum Gasteiger partial charge on any atom is 0.336 e. The quantitative estimate of drug-likeness (QED) is 0.297.